The minimum absolute atomic E-state index is 0.371. The van der Waals surface area contributed by atoms with Crippen LogP contribution in [0.4, 0.5) is 11.4 Å². The number of nitrogen functional groups attached to an aromatic ring is 1. The van der Waals surface area contributed by atoms with E-state index in [0.717, 1.165) is 25.2 Å². The molecule has 0 aliphatic rings. The zero-order valence-electron chi connectivity index (χ0n) is 11.7. The topological polar surface area (TPSA) is 29.3 Å². The summed E-state index contributed by atoms with van der Waals surface area (Å²) >= 11 is 0. The van der Waals surface area contributed by atoms with Gasteiger partial charge in [0.25, 0.3) is 0 Å². The molecular weight excluding hydrogens is 208 g/mol. The van der Waals surface area contributed by atoms with Gasteiger partial charge in [-0.15, -0.1) is 0 Å². The van der Waals surface area contributed by atoms with Gasteiger partial charge in [0.15, 0.2) is 0 Å². The Morgan fingerprint density at radius 2 is 1.76 bits per heavy atom. The van der Waals surface area contributed by atoms with Gasteiger partial charge in [-0.1, -0.05) is 39.8 Å². The van der Waals surface area contributed by atoms with Gasteiger partial charge in [-0.25, -0.2) is 0 Å². The highest BCUT2D eigenvalue weighted by Gasteiger charge is 2.14. The van der Waals surface area contributed by atoms with Crippen LogP contribution in [0.2, 0.25) is 0 Å². The molecule has 96 valence electrons. The molecule has 0 spiro atoms. The SMILES string of the molecule is CCCN(CCC(C)(C)C)c1ccccc1N. The van der Waals surface area contributed by atoms with Crippen LogP contribution in [-0.4, -0.2) is 13.1 Å². The first-order chi connectivity index (χ1) is 7.94. The lowest BCUT2D eigenvalue weighted by atomic mass is 9.92. The first kappa shape index (κ1) is 13.9. The standard InChI is InChI=1S/C15H26N2/c1-5-11-17(12-10-15(2,3)4)14-9-7-6-8-13(14)16/h6-9H,5,10-12,16H2,1-4H3. The van der Waals surface area contributed by atoms with E-state index in [4.69, 9.17) is 5.73 Å². The predicted molar refractivity (Wildman–Crippen MR) is 77.4 cm³/mol. The van der Waals surface area contributed by atoms with Crippen LogP contribution in [0.5, 0.6) is 0 Å². The van der Waals surface area contributed by atoms with Crippen molar-refractivity contribution in [2.75, 3.05) is 23.7 Å². The van der Waals surface area contributed by atoms with Crippen molar-refractivity contribution in [3.05, 3.63) is 24.3 Å². The average Bonchev–Trinajstić information content (AvgIpc) is 2.24. The predicted octanol–water partition coefficient (Wildman–Crippen LogP) is 3.92. The summed E-state index contributed by atoms with van der Waals surface area (Å²) in [5, 5.41) is 0. The van der Waals surface area contributed by atoms with Gasteiger partial charge in [0.2, 0.25) is 0 Å². The zero-order chi connectivity index (χ0) is 12.9. The fourth-order valence-corrected chi connectivity index (χ4v) is 1.87. The number of nitrogens with zero attached hydrogens (tertiary/aromatic N) is 1. The molecule has 1 aromatic rings. The minimum Gasteiger partial charge on any atom is -0.397 e. The smallest absolute Gasteiger partial charge is 0.0599 e. The Bertz CT molecular complexity index is 339. The lowest BCUT2D eigenvalue weighted by molar-refractivity contribution is 0.378. The normalized spacial score (nSPS) is 11.5. The van der Waals surface area contributed by atoms with E-state index in [2.05, 4.69) is 44.7 Å². The van der Waals surface area contributed by atoms with E-state index in [0.29, 0.717) is 5.41 Å². The summed E-state index contributed by atoms with van der Waals surface area (Å²) in [5.41, 5.74) is 8.48. The van der Waals surface area contributed by atoms with Gasteiger partial charge in [-0.2, -0.15) is 0 Å². The summed E-state index contributed by atoms with van der Waals surface area (Å²) in [6.45, 7) is 11.2. The molecule has 0 aliphatic heterocycles. The van der Waals surface area contributed by atoms with Gasteiger partial charge in [0.1, 0.15) is 0 Å². The number of rotatable bonds is 5. The monoisotopic (exact) mass is 234 g/mol. The molecule has 2 heteroatoms. The zero-order valence-corrected chi connectivity index (χ0v) is 11.7. The molecule has 2 nitrogen and oxygen atoms in total. The first-order valence-electron chi connectivity index (χ1n) is 6.53. The average molecular weight is 234 g/mol. The molecule has 1 aromatic carbocycles. The van der Waals surface area contributed by atoms with Crippen molar-refractivity contribution in [1.82, 2.24) is 0 Å². The molecule has 0 aromatic heterocycles. The molecule has 2 N–H and O–H groups in total. The second-order valence-corrected chi connectivity index (χ2v) is 5.86. The van der Waals surface area contributed by atoms with Crippen molar-refractivity contribution in [3.63, 3.8) is 0 Å². The van der Waals surface area contributed by atoms with Crippen molar-refractivity contribution < 1.29 is 0 Å². The van der Waals surface area contributed by atoms with Crippen LogP contribution in [0, 0.1) is 5.41 Å². The largest absolute Gasteiger partial charge is 0.397 e. The summed E-state index contributed by atoms with van der Waals surface area (Å²) in [7, 11) is 0. The van der Waals surface area contributed by atoms with Crippen molar-refractivity contribution in [3.8, 4) is 0 Å². The van der Waals surface area contributed by atoms with Gasteiger partial charge in [-0.05, 0) is 30.4 Å². The fourth-order valence-electron chi connectivity index (χ4n) is 1.87. The molecule has 0 atom stereocenters. The van der Waals surface area contributed by atoms with Gasteiger partial charge >= 0.3 is 0 Å². The maximum atomic E-state index is 6.05. The highest BCUT2D eigenvalue weighted by atomic mass is 15.1. The second-order valence-electron chi connectivity index (χ2n) is 5.86. The Hall–Kier alpha value is -1.18. The van der Waals surface area contributed by atoms with Crippen LogP contribution in [-0.2, 0) is 0 Å². The maximum absolute atomic E-state index is 6.05. The highest BCUT2D eigenvalue weighted by molar-refractivity contribution is 5.67. The molecule has 0 saturated heterocycles. The van der Waals surface area contributed by atoms with Crippen molar-refractivity contribution in [2.45, 2.75) is 40.5 Å². The van der Waals surface area contributed by atoms with E-state index in [1.165, 1.54) is 12.1 Å². The summed E-state index contributed by atoms with van der Waals surface area (Å²) in [6, 6.07) is 8.15. The summed E-state index contributed by atoms with van der Waals surface area (Å²) in [4.78, 5) is 2.40. The van der Waals surface area contributed by atoms with E-state index in [9.17, 15) is 0 Å². The molecule has 0 saturated carbocycles. The first-order valence-corrected chi connectivity index (χ1v) is 6.53. The van der Waals surface area contributed by atoms with E-state index >= 15 is 0 Å². The van der Waals surface area contributed by atoms with Gasteiger partial charge in [0.05, 0.1) is 11.4 Å². The summed E-state index contributed by atoms with van der Waals surface area (Å²) < 4.78 is 0. The van der Waals surface area contributed by atoms with E-state index in [1.807, 2.05) is 12.1 Å². The van der Waals surface area contributed by atoms with Crippen molar-refractivity contribution in [2.24, 2.45) is 5.41 Å². The van der Waals surface area contributed by atoms with Crippen molar-refractivity contribution >= 4 is 11.4 Å². The van der Waals surface area contributed by atoms with Crippen LogP contribution >= 0.6 is 0 Å². The molecule has 1 rings (SSSR count). The Morgan fingerprint density at radius 3 is 2.29 bits per heavy atom. The maximum Gasteiger partial charge on any atom is 0.0599 e. The molecule has 0 fully saturated rings. The number of anilines is 2. The Labute approximate surface area is 106 Å². The Morgan fingerprint density at radius 1 is 1.12 bits per heavy atom. The lowest BCUT2D eigenvalue weighted by Gasteiger charge is -2.29. The summed E-state index contributed by atoms with van der Waals surface area (Å²) in [5.74, 6) is 0. The fraction of sp³-hybridized carbons (Fsp3) is 0.600. The van der Waals surface area contributed by atoms with Crippen LogP contribution in [0.3, 0.4) is 0 Å². The van der Waals surface area contributed by atoms with Crippen LogP contribution < -0.4 is 10.6 Å². The van der Waals surface area contributed by atoms with E-state index in [-0.39, 0.29) is 0 Å². The number of para-hydroxylation sites is 2. The van der Waals surface area contributed by atoms with E-state index in [1.54, 1.807) is 0 Å². The van der Waals surface area contributed by atoms with Gasteiger partial charge < -0.3 is 10.6 Å². The molecule has 0 aliphatic carbocycles. The third kappa shape index (κ3) is 4.68. The van der Waals surface area contributed by atoms with Crippen LogP contribution in [0.25, 0.3) is 0 Å². The summed E-state index contributed by atoms with van der Waals surface area (Å²) in [6.07, 6.45) is 2.33. The number of hydrogen-bond acceptors (Lipinski definition) is 2. The third-order valence-electron chi connectivity index (χ3n) is 2.90. The third-order valence-corrected chi connectivity index (χ3v) is 2.90. The molecule has 0 unspecified atom stereocenters. The van der Waals surface area contributed by atoms with E-state index < -0.39 is 0 Å². The van der Waals surface area contributed by atoms with Crippen LogP contribution in [0.15, 0.2) is 24.3 Å². The molecule has 0 amide bonds. The molecule has 0 heterocycles. The number of hydrogen-bond donors (Lipinski definition) is 1. The van der Waals surface area contributed by atoms with Crippen molar-refractivity contribution in [1.29, 1.82) is 0 Å². The van der Waals surface area contributed by atoms with Crippen LogP contribution in [0.1, 0.15) is 40.5 Å². The number of benzene rings is 1. The molecule has 0 bridgehead atoms. The highest BCUT2D eigenvalue weighted by Crippen LogP contribution is 2.26. The lowest BCUT2D eigenvalue weighted by Crippen LogP contribution is -2.28. The van der Waals surface area contributed by atoms with Gasteiger partial charge in [-0.3, -0.25) is 0 Å². The number of nitrogens with two attached hydrogens (primary N) is 1. The molecular formula is C15H26N2. The molecule has 17 heavy (non-hydrogen) atoms. The Kier molecular flexibility index (Phi) is 4.86. The quantitative estimate of drug-likeness (QED) is 0.782. The minimum atomic E-state index is 0.371. The van der Waals surface area contributed by atoms with Gasteiger partial charge in [0, 0.05) is 13.1 Å². The Balaban J connectivity index is 2.75. The second kappa shape index (κ2) is 5.95. The molecule has 0 radical (unpaired) electrons.